The van der Waals surface area contributed by atoms with E-state index in [1.807, 2.05) is 30.3 Å². The molecular formula is C18H20N4O2. The quantitative estimate of drug-likeness (QED) is 0.932. The maximum atomic E-state index is 12.4. The Labute approximate surface area is 141 Å². The third-order valence-corrected chi connectivity index (χ3v) is 4.11. The average Bonchev–Trinajstić information content (AvgIpc) is 2.72. The topological polar surface area (TPSA) is 80.8 Å². The lowest BCUT2D eigenvalue weighted by molar-refractivity contribution is -0.119. The second-order valence-electron chi connectivity index (χ2n) is 5.59. The molecule has 24 heavy (non-hydrogen) atoms. The van der Waals surface area contributed by atoms with Crippen LogP contribution in [0, 0.1) is 0 Å². The molecule has 0 spiro atoms. The minimum atomic E-state index is -0.963. The number of aliphatic imine (C=N–C) groups is 1. The van der Waals surface area contributed by atoms with Gasteiger partial charge < -0.3 is 15.4 Å². The number of likely N-dealkylation sites (N-methyl/N-ethyl adjacent to an activating group) is 1. The number of ether oxygens (including phenoxy) is 1. The van der Waals surface area contributed by atoms with E-state index in [1.165, 1.54) is 0 Å². The van der Waals surface area contributed by atoms with E-state index >= 15 is 0 Å². The Morgan fingerprint density at radius 1 is 1.29 bits per heavy atom. The Balaban J connectivity index is 2.24. The molecular weight excluding hydrogens is 304 g/mol. The summed E-state index contributed by atoms with van der Waals surface area (Å²) in [5.74, 6) is 0.235. The number of rotatable bonds is 3. The van der Waals surface area contributed by atoms with Gasteiger partial charge in [0.15, 0.2) is 6.17 Å². The molecule has 0 bridgehead atoms. The van der Waals surface area contributed by atoms with Crippen molar-refractivity contribution in [3.8, 4) is 5.88 Å². The van der Waals surface area contributed by atoms with Gasteiger partial charge in [0.25, 0.3) is 5.91 Å². The van der Waals surface area contributed by atoms with Crippen molar-refractivity contribution in [1.29, 1.82) is 0 Å². The monoisotopic (exact) mass is 324 g/mol. The zero-order valence-corrected chi connectivity index (χ0v) is 14.0. The van der Waals surface area contributed by atoms with Crippen molar-refractivity contribution in [2.24, 2.45) is 10.7 Å². The summed E-state index contributed by atoms with van der Waals surface area (Å²) in [5, 5.41) is 0. The van der Waals surface area contributed by atoms with Gasteiger partial charge >= 0.3 is 0 Å². The summed E-state index contributed by atoms with van der Waals surface area (Å²) in [7, 11) is 3.28. The van der Waals surface area contributed by atoms with E-state index in [2.05, 4.69) is 16.9 Å². The van der Waals surface area contributed by atoms with Crippen molar-refractivity contribution < 1.29 is 9.53 Å². The normalized spacial score (nSPS) is 17.2. The summed E-state index contributed by atoms with van der Waals surface area (Å²) in [5.41, 5.74) is 9.98. The molecule has 2 N–H and O–H groups in total. The van der Waals surface area contributed by atoms with Crippen LogP contribution >= 0.6 is 0 Å². The van der Waals surface area contributed by atoms with Crippen LogP contribution in [-0.2, 0) is 11.2 Å². The molecule has 2 heterocycles. The predicted molar refractivity (Wildman–Crippen MR) is 93.6 cm³/mol. The average molecular weight is 324 g/mol. The lowest BCUT2D eigenvalue weighted by Crippen LogP contribution is -2.39. The lowest BCUT2D eigenvalue weighted by atomic mass is 10.00. The fourth-order valence-corrected chi connectivity index (χ4v) is 2.73. The van der Waals surface area contributed by atoms with Crippen LogP contribution in [0.15, 0.2) is 41.4 Å². The number of nitrogens with two attached hydrogens (primary N) is 1. The van der Waals surface area contributed by atoms with Crippen LogP contribution in [0.2, 0.25) is 0 Å². The molecule has 1 aromatic heterocycles. The molecule has 3 rings (SSSR count). The number of carbonyl (C=O) groups excluding carboxylic acids is 1. The van der Waals surface area contributed by atoms with Gasteiger partial charge in [-0.1, -0.05) is 19.1 Å². The molecule has 6 heteroatoms. The van der Waals surface area contributed by atoms with Crippen LogP contribution in [0.1, 0.15) is 23.7 Å². The standard InChI is InChI=1S/C18H20N4O2/c1-4-11-8-9-14-12(10-11)16(21-17(19)18(23)22(14)2)13-6-5-7-15(20-13)24-3/h5-10,17H,4,19H2,1-3H3. The fraction of sp³-hybridized carbons (Fsp3) is 0.278. The first-order valence-corrected chi connectivity index (χ1v) is 7.80. The minimum Gasteiger partial charge on any atom is -0.481 e. The highest BCUT2D eigenvalue weighted by Crippen LogP contribution is 2.28. The van der Waals surface area contributed by atoms with Crippen molar-refractivity contribution >= 4 is 17.3 Å². The zero-order chi connectivity index (χ0) is 17.3. The van der Waals surface area contributed by atoms with Gasteiger partial charge in [0.1, 0.15) is 0 Å². The fourth-order valence-electron chi connectivity index (χ4n) is 2.73. The highest BCUT2D eigenvalue weighted by atomic mass is 16.5. The van der Waals surface area contributed by atoms with Gasteiger partial charge in [-0.25, -0.2) is 4.98 Å². The van der Waals surface area contributed by atoms with Gasteiger partial charge in [0.2, 0.25) is 5.88 Å². The van der Waals surface area contributed by atoms with E-state index in [0.717, 1.165) is 23.2 Å². The molecule has 1 amide bonds. The van der Waals surface area contributed by atoms with Gasteiger partial charge in [0, 0.05) is 18.7 Å². The van der Waals surface area contributed by atoms with Gasteiger partial charge in [-0.3, -0.25) is 9.79 Å². The van der Waals surface area contributed by atoms with Gasteiger partial charge in [-0.05, 0) is 30.2 Å². The molecule has 2 aromatic rings. The maximum absolute atomic E-state index is 12.4. The summed E-state index contributed by atoms with van der Waals surface area (Å²) < 4.78 is 5.20. The van der Waals surface area contributed by atoms with E-state index in [9.17, 15) is 4.79 Å². The van der Waals surface area contributed by atoms with Gasteiger partial charge in [-0.15, -0.1) is 0 Å². The Kier molecular flexibility index (Phi) is 4.31. The summed E-state index contributed by atoms with van der Waals surface area (Å²) in [6.45, 7) is 2.08. The summed E-state index contributed by atoms with van der Waals surface area (Å²) in [6.07, 6.45) is -0.0778. The molecule has 1 aromatic carbocycles. The second-order valence-corrected chi connectivity index (χ2v) is 5.59. The smallest absolute Gasteiger partial charge is 0.266 e. The van der Waals surface area contributed by atoms with Crippen molar-refractivity contribution in [3.63, 3.8) is 0 Å². The van der Waals surface area contributed by atoms with Crippen molar-refractivity contribution in [2.75, 3.05) is 19.1 Å². The number of methoxy groups -OCH3 is 1. The van der Waals surface area contributed by atoms with E-state index in [0.29, 0.717) is 17.3 Å². The zero-order valence-electron chi connectivity index (χ0n) is 14.0. The van der Waals surface area contributed by atoms with E-state index < -0.39 is 6.17 Å². The number of benzene rings is 1. The van der Waals surface area contributed by atoms with Crippen LogP contribution in [0.4, 0.5) is 5.69 Å². The Bertz CT molecular complexity index is 816. The third-order valence-electron chi connectivity index (χ3n) is 4.11. The van der Waals surface area contributed by atoms with E-state index in [-0.39, 0.29) is 5.91 Å². The number of nitrogens with zero attached hydrogens (tertiary/aromatic N) is 3. The molecule has 1 aliphatic rings. The van der Waals surface area contributed by atoms with E-state index in [4.69, 9.17) is 10.5 Å². The third kappa shape index (κ3) is 2.76. The maximum Gasteiger partial charge on any atom is 0.266 e. The SMILES string of the molecule is CCc1ccc2c(c1)C(c1cccc(OC)n1)=NC(N)C(=O)N2C. The molecule has 0 saturated heterocycles. The first kappa shape index (κ1) is 16.1. The minimum absolute atomic E-state index is 0.251. The van der Waals surface area contributed by atoms with E-state index in [1.54, 1.807) is 25.1 Å². The van der Waals surface area contributed by atoms with Crippen molar-refractivity contribution in [3.05, 3.63) is 53.2 Å². The molecule has 1 unspecified atom stereocenters. The molecule has 124 valence electrons. The van der Waals surface area contributed by atoms with Crippen LogP contribution in [0.3, 0.4) is 0 Å². The number of carbonyl (C=O) groups is 1. The van der Waals surface area contributed by atoms with Crippen LogP contribution in [-0.4, -0.2) is 36.9 Å². The van der Waals surface area contributed by atoms with Gasteiger partial charge in [-0.2, -0.15) is 0 Å². The second kappa shape index (κ2) is 6.41. The number of anilines is 1. The molecule has 6 nitrogen and oxygen atoms in total. The van der Waals surface area contributed by atoms with Gasteiger partial charge in [0.05, 0.1) is 24.2 Å². The molecule has 0 saturated carbocycles. The number of benzodiazepines with no additional fused rings is 1. The highest BCUT2D eigenvalue weighted by Gasteiger charge is 2.28. The molecule has 0 fully saturated rings. The van der Waals surface area contributed by atoms with Crippen LogP contribution < -0.4 is 15.4 Å². The van der Waals surface area contributed by atoms with Crippen LogP contribution in [0.5, 0.6) is 5.88 Å². The predicted octanol–water partition coefficient (Wildman–Crippen LogP) is 1.75. The van der Waals surface area contributed by atoms with Crippen molar-refractivity contribution in [1.82, 2.24) is 4.98 Å². The van der Waals surface area contributed by atoms with Crippen molar-refractivity contribution in [2.45, 2.75) is 19.5 Å². The Morgan fingerprint density at radius 2 is 2.08 bits per heavy atom. The highest BCUT2D eigenvalue weighted by molar-refractivity contribution is 6.19. The number of aryl methyl sites for hydroxylation is 1. The molecule has 1 atom stereocenters. The van der Waals surface area contributed by atoms with Crippen LogP contribution in [0.25, 0.3) is 0 Å². The molecule has 1 aliphatic heterocycles. The summed E-state index contributed by atoms with van der Waals surface area (Å²) >= 11 is 0. The summed E-state index contributed by atoms with van der Waals surface area (Å²) in [4.78, 5) is 22.9. The number of fused-ring (bicyclic) bond motifs is 1. The molecule has 0 radical (unpaired) electrons. The number of aromatic nitrogens is 1. The lowest BCUT2D eigenvalue weighted by Gasteiger charge is -2.19. The largest absolute Gasteiger partial charge is 0.481 e. The summed E-state index contributed by atoms with van der Waals surface area (Å²) in [6, 6.07) is 11.4. The Hall–Kier alpha value is -2.73. The number of pyridine rings is 1. The number of hydrogen-bond acceptors (Lipinski definition) is 5. The first-order valence-electron chi connectivity index (χ1n) is 7.80. The number of amides is 1. The first-order chi connectivity index (χ1) is 11.5. The number of hydrogen-bond donors (Lipinski definition) is 1. The molecule has 0 aliphatic carbocycles. The Morgan fingerprint density at radius 3 is 2.79 bits per heavy atom.